The number of aromatic hydroxyl groups is 1. The van der Waals surface area contributed by atoms with E-state index in [9.17, 15) is 5.11 Å². The fourth-order valence-corrected chi connectivity index (χ4v) is 3.08. The molecular formula is C19H32N4O. The molecule has 1 aromatic rings. The van der Waals surface area contributed by atoms with Gasteiger partial charge in [-0.3, -0.25) is 4.99 Å². The molecule has 2 rings (SSSR count). The summed E-state index contributed by atoms with van der Waals surface area (Å²) in [6.07, 6.45) is 3.15. The van der Waals surface area contributed by atoms with Crippen molar-refractivity contribution in [3.05, 3.63) is 29.8 Å². The predicted molar refractivity (Wildman–Crippen MR) is 101 cm³/mol. The molecule has 0 spiro atoms. The molecule has 1 aliphatic rings. The van der Waals surface area contributed by atoms with Crippen molar-refractivity contribution >= 4 is 5.96 Å². The van der Waals surface area contributed by atoms with Crippen molar-refractivity contribution < 1.29 is 5.11 Å². The quantitative estimate of drug-likeness (QED) is 0.553. The van der Waals surface area contributed by atoms with Crippen molar-refractivity contribution in [1.29, 1.82) is 0 Å². The molecule has 0 unspecified atom stereocenters. The lowest BCUT2D eigenvalue weighted by Crippen LogP contribution is -2.49. The van der Waals surface area contributed by atoms with E-state index in [0.29, 0.717) is 24.4 Å². The van der Waals surface area contributed by atoms with Gasteiger partial charge in [0.15, 0.2) is 5.96 Å². The van der Waals surface area contributed by atoms with E-state index >= 15 is 0 Å². The molecule has 0 saturated carbocycles. The first-order valence-electron chi connectivity index (χ1n) is 9.15. The number of likely N-dealkylation sites (tertiary alicyclic amines) is 1. The molecule has 5 heteroatoms. The minimum Gasteiger partial charge on any atom is -0.508 e. The van der Waals surface area contributed by atoms with Gasteiger partial charge in [0.05, 0.1) is 0 Å². The molecule has 1 aromatic carbocycles. The third kappa shape index (κ3) is 6.04. The minimum absolute atomic E-state index is 0.318. The second-order valence-electron chi connectivity index (χ2n) is 6.73. The highest BCUT2D eigenvalue weighted by Crippen LogP contribution is 2.13. The topological polar surface area (TPSA) is 59.9 Å². The predicted octanol–water partition coefficient (Wildman–Crippen LogP) is 2.36. The van der Waals surface area contributed by atoms with Crippen LogP contribution in [0.25, 0.3) is 0 Å². The van der Waals surface area contributed by atoms with Crippen LogP contribution < -0.4 is 10.6 Å². The molecule has 0 amide bonds. The summed E-state index contributed by atoms with van der Waals surface area (Å²) >= 11 is 0. The summed E-state index contributed by atoms with van der Waals surface area (Å²) in [7, 11) is 0. The summed E-state index contributed by atoms with van der Waals surface area (Å²) in [5, 5.41) is 16.4. The third-order valence-electron chi connectivity index (χ3n) is 4.53. The number of hydrogen-bond donors (Lipinski definition) is 3. The van der Waals surface area contributed by atoms with E-state index in [2.05, 4.69) is 41.3 Å². The van der Waals surface area contributed by atoms with Crippen molar-refractivity contribution in [2.45, 2.75) is 52.1 Å². The highest BCUT2D eigenvalue weighted by molar-refractivity contribution is 5.80. The van der Waals surface area contributed by atoms with Crippen molar-refractivity contribution in [3.8, 4) is 5.75 Å². The molecule has 0 aliphatic carbocycles. The van der Waals surface area contributed by atoms with Crippen LogP contribution >= 0.6 is 0 Å². The number of nitrogens with one attached hydrogen (secondary N) is 2. The van der Waals surface area contributed by atoms with Crippen LogP contribution in [0.5, 0.6) is 5.75 Å². The summed E-state index contributed by atoms with van der Waals surface area (Å²) in [4.78, 5) is 7.22. The largest absolute Gasteiger partial charge is 0.508 e. The third-order valence-corrected chi connectivity index (χ3v) is 4.53. The molecule has 24 heavy (non-hydrogen) atoms. The number of benzene rings is 1. The standard InChI is InChI=1S/C19H32N4O/c1-4-20-19(21-11-8-16-6-5-7-18(24)14-16)22-17-9-12-23(13-10-17)15(2)3/h5-7,14-15,17,24H,4,8-13H2,1-3H3,(H2,20,21,22). The molecular weight excluding hydrogens is 300 g/mol. The number of piperidine rings is 1. The van der Waals surface area contributed by atoms with E-state index in [-0.39, 0.29) is 0 Å². The Kier molecular flexibility index (Phi) is 7.37. The Labute approximate surface area is 146 Å². The van der Waals surface area contributed by atoms with Crippen LogP contribution in [-0.2, 0) is 6.42 Å². The van der Waals surface area contributed by atoms with Crippen LogP contribution in [0.4, 0.5) is 0 Å². The number of guanidine groups is 1. The first kappa shape index (κ1) is 18.6. The van der Waals surface area contributed by atoms with Crippen molar-refractivity contribution in [3.63, 3.8) is 0 Å². The molecule has 0 radical (unpaired) electrons. The second-order valence-corrected chi connectivity index (χ2v) is 6.73. The molecule has 1 saturated heterocycles. The van der Waals surface area contributed by atoms with Crippen LogP contribution in [0.2, 0.25) is 0 Å². The molecule has 0 atom stereocenters. The van der Waals surface area contributed by atoms with Crippen molar-refractivity contribution in [1.82, 2.24) is 15.5 Å². The first-order chi connectivity index (χ1) is 11.6. The van der Waals surface area contributed by atoms with E-state index in [4.69, 9.17) is 0 Å². The summed E-state index contributed by atoms with van der Waals surface area (Å²) < 4.78 is 0. The van der Waals surface area contributed by atoms with Gasteiger partial charge in [0.25, 0.3) is 0 Å². The number of hydrogen-bond acceptors (Lipinski definition) is 3. The Morgan fingerprint density at radius 1 is 1.33 bits per heavy atom. The number of phenolic OH excluding ortho intramolecular Hbond substituents is 1. The van der Waals surface area contributed by atoms with Gasteiger partial charge >= 0.3 is 0 Å². The first-order valence-corrected chi connectivity index (χ1v) is 9.15. The van der Waals surface area contributed by atoms with E-state index in [1.807, 2.05) is 12.1 Å². The van der Waals surface area contributed by atoms with Crippen LogP contribution in [-0.4, -0.2) is 54.2 Å². The van der Waals surface area contributed by atoms with Crippen LogP contribution in [0.3, 0.4) is 0 Å². The highest BCUT2D eigenvalue weighted by atomic mass is 16.3. The second kappa shape index (κ2) is 9.52. The van der Waals surface area contributed by atoms with Gasteiger partial charge in [-0.15, -0.1) is 0 Å². The fraction of sp³-hybridized carbons (Fsp3) is 0.632. The fourth-order valence-electron chi connectivity index (χ4n) is 3.08. The molecule has 5 nitrogen and oxygen atoms in total. The lowest BCUT2D eigenvalue weighted by atomic mass is 10.0. The lowest BCUT2D eigenvalue weighted by molar-refractivity contribution is 0.167. The summed E-state index contributed by atoms with van der Waals surface area (Å²) in [5.41, 5.74) is 1.11. The monoisotopic (exact) mass is 332 g/mol. The van der Waals surface area contributed by atoms with E-state index in [1.165, 1.54) is 0 Å². The smallest absolute Gasteiger partial charge is 0.191 e. The Bertz CT molecular complexity index is 522. The maximum Gasteiger partial charge on any atom is 0.191 e. The zero-order valence-electron chi connectivity index (χ0n) is 15.3. The van der Waals surface area contributed by atoms with Crippen molar-refractivity contribution in [2.24, 2.45) is 4.99 Å². The molecule has 0 bridgehead atoms. The van der Waals surface area contributed by atoms with E-state index < -0.39 is 0 Å². The molecule has 3 N–H and O–H groups in total. The Morgan fingerprint density at radius 2 is 2.08 bits per heavy atom. The van der Waals surface area contributed by atoms with Crippen molar-refractivity contribution in [2.75, 3.05) is 26.2 Å². The molecule has 134 valence electrons. The number of phenols is 1. The van der Waals surface area contributed by atoms with Crippen LogP contribution in [0.1, 0.15) is 39.2 Å². The van der Waals surface area contributed by atoms with Gasteiger partial charge < -0.3 is 20.6 Å². The van der Waals surface area contributed by atoms with Gasteiger partial charge in [-0.2, -0.15) is 0 Å². The van der Waals surface area contributed by atoms with Crippen LogP contribution in [0, 0.1) is 0 Å². The number of aliphatic imine (C=N–C) groups is 1. The molecule has 1 fully saturated rings. The Morgan fingerprint density at radius 3 is 2.71 bits per heavy atom. The van der Waals surface area contributed by atoms with Gasteiger partial charge in [0.1, 0.15) is 5.75 Å². The molecule has 1 heterocycles. The van der Waals surface area contributed by atoms with Gasteiger partial charge in [-0.25, -0.2) is 0 Å². The highest BCUT2D eigenvalue weighted by Gasteiger charge is 2.21. The van der Waals surface area contributed by atoms with Gasteiger partial charge in [-0.1, -0.05) is 12.1 Å². The maximum absolute atomic E-state index is 9.52. The zero-order chi connectivity index (χ0) is 17.4. The van der Waals surface area contributed by atoms with Gasteiger partial charge in [0.2, 0.25) is 0 Å². The van der Waals surface area contributed by atoms with E-state index in [1.54, 1.807) is 12.1 Å². The van der Waals surface area contributed by atoms with Gasteiger partial charge in [0, 0.05) is 38.3 Å². The normalized spacial score (nSPS) is 17.2. The van der Waals surface area contributed by atoms with E-state index in [0.717, 1.165) is 50.4 Å². The minimum atomic E-state index is 0.318. The summed E-state index contributed by atoms with van der Waals surface area (Å²) in [6, 6.07) is 8.53. The maximum atomic E-state index is 9.52. The molecule has 1 aliphatic heterocycles. The zero-order valence-corrected chi connectivity index (χ0v) is 15.3. The SMILES string of the molecule is CCNC(=NCCc1cccc(O)c1)NC1CCN(C(C)C)CC1. The number of nitrogens with zero attached hydrogens (tertiary/aromatic N) is 2. The summed E-state index contributed by atoms with van der Waals surface area (Å²) in [5.74, 6) is 1.22. The average Bonchev–Trinajstić information content (AvgIpc) is 2.55. The Balaban J connectivity index is 1.82. The summed E-state index contributed by atoms with van der Waals surface area (Å²) in [6.45, 7) is 10.5. The number of rotatable bonds is 6. The van der Waals surface area contributed by atoms with Gasteiger partial charge in [-0.05, 0) is 57.7 Å². The lowest BCUT2D eigenvalue weighted by Gasteiger charge is -2.35. The Hall–Kier alpha value is -1.75. The average molecular weight is 332 g/mol. The van der Waals surface area contributed by atoms with Crippen LogP contribution in [0.15, 0.2) is 29.3 Å². The molecule has 0 aromatic heterocycles.